The van der Waals surface area contributed by atoms with Crippen LogP contribution in [0.25, 0.3) is 11.2 Å². The normalized spacial score (nSPS) is 14.5. The average molecular weight is 432 g/mol. The summed E-state index contributed by atoms with van der Waals surface area (Å²) in [6.07, 6.45) is 10.5. The van der Waals surface area contributed by atoms with Gasteiger partial charge in [0.05, 0.1) is 0 Å². The minimum Gasteiger partial charge on any atom is -0.356 e. The van der Waals surface area contributed by atoms with E-state index in [0.29, 0.717) is 48.8 Å². The van der Waals surface area contributed by atoms with Gasteiger partial charge in [0.25, 0.3) is 5.56 Å². The molecule has 0 bridgehead atoms. The van der Waals surface area contributed by atoms with Crippen molar-refractivity contribution in [1.82, 2.24) is 24.4 Å². The lowest BCUT2D eigenvalue weighted by Crippen LogP contribution is -2.31. The largest absolute Gasteiger partial charge is 0.356 e. The number of nitrogens with zero attached hydrogens (tertiary/aromatic N) is 3. The molecule has 0 aliphatic heterocycles. The molecule has 1 saturated carbocycles. The fourth-order valence-electron chi connectivity index (χ4n) is 4.48. The molecule has 0 spiro atoms. The van der Waals surface area contributed by atoms with Gasteiger partial charge in [-0.3, -0.25) is 19.1 Å². The quantitative estimate of drug-likeness (QED) is 0.504. The van der Waals surface area contributed by atoms with Gasteiger partial charge >= 0.3 is 5.69 Å². The highest BCUT2D eigenvalue weighted by molar-refractivity contribution is 5.76. The van der Waals surface area contributed by atoms with Crippen LogP contribution in [0.1, 0.15) is 83.9 Å². The molecule has 8 heteroatoms. The van der Waals surface area contributed by atoms with Crippen molar-refractivity contribution in [3.63, 3.8) is 0 Å². The second-order valence-electron chi connectivity index (χ2n) is 8.78. The van der Waals surface area contributed by atoms with Crippen molar-refractivity contribution in [2.24, 2.45) is 5.92 Å². The van der Waals surface area contributed by atoms with E-state index in [9.17, 15) is 14.4 Å². The van der Waals surface area contributed by atoms with Crippen molar-refractivity contribution in [2.45, 2.75) is 97.6 Å². The van der Waals surface area contributed by atoms with E-state index in [1.165, 1.54) is 25.7 Å². The maximum atomic E-state index is 12.7. The summed E-state index contributed by atoms with van der Waals surface area (Å²) in [5, 5.41) is 3.06. The molecule has 0 saturated heterocycles. The number of hydrogen-bond acceptors (Lipinski definition) is 4. The van der Waals surface area contributed by atoms with Gasteiger partial charge in [0.15, 0.2) is 11.2 Å². The van der Waals surface area contributed by atoms with Gasteiger partial charge in [-0.25, -0.2) is 9.78 Å². The maximum absolute atomic E-state index is 12.7. The standard InChI is InChI=1S/C23H37N5O3/c1-3-5-9-15-27-18(12-13-19(29)24-16-17-10-7-8-11-17)25-21-20(27)22(30)26-23(31)28(21)14-6-4-2/h17H,3-16H2,1-2H3,(H,24,29)(H,26,30,31). The molecule has 2 aromatic heterocycles. The molecule has 8 nitrogen and oxygen atoms in total. The van der Waals surface area contributed by atoms with Crippen molar-refractivity contribution < 1.29 is 4.79 Å². The number of nitrogens with one attached hydrogen (secondary N) is 2. The second kappa shape index (κ2) is 11.3. The predicted octanol–water partition coefficient (Wildman–Crippen LogP) is 3.12. The highest BCUT2D eigenvalue weighted by atomic mass is 16.2. The van der Waals surface area contributed by atoms with Crippen molar-refractivity contribution >= 4 is 17.1 Å². The SMILES string of the molecule is CCCCCn1c(CCC(=O)NCC2CCCC2)nc2c1c(=O)[nH]c(=O)n2CCCC. The number of H-pyrrole nitrogens is 1. The van der Waals surface area contributed by atoms with Gasteiger partial charge in [-0.2, -0.15) is 0 Å². The highest BCUT2D eigenvalue weighted by Gasteiger charge is 2.20. The van der Waals surface area contributed by atoms with Crippen LogP contribution in [0.2, 0.25) is 0 Å². The molecule has 1 aliphatic rings. The molecule has 0 unspecified atom stereocenters. The molecule has 2 aromatic rings. The number of imidazole rings is 1. The van der Waals surface area contributed by atoms with Crippen molar-refractivity contribution in [2.75, 3.05) is 6.54 Å². The Kier molecular flexibility index (Phi) is 8.49. The maximum Gasteiger partial charge on any atom is 0.330 e. The Morgan fingerprint density at radius 2 is 1.77 bits per heavy atom. The van der Waals surface area contributed by atoms with E-state index in [0.717, 1.165) is 38.6 Å². The summed E-state index contributed by atoms with van der Waals surface area (Å²) in [7, 11) is 0. The van der Waals surface area contributed by atoms with Gasteiger partial charge in [0.1, 0.15) is 5.82 Å². The first-order valence-corrected chi connectivity index (χ1v) is 12.0. The topological polar surface area (TPSA) is 102 Å². The number of unbranched alkanes of at least 4 members (excludes halogenated alkanes) is 3. The van der Waals surface area contributed by atoms with Crippen LogP contribution in [0.15, 0.2) is 9.59 Å². The van der Waals surface area contributed by atoms with Gasteiger partial charge in [-0.15, -0.1) is 0 Å². The number of aryl methyl sites for hydroxylation is 3. The molecule has 1 fully saturated rings. The van der Waals surface area contributed by atoms with Crippen LogP contribution >= 0.6 is 0 Å². The Morgan fingerprint density at radius 1 is 1.06 bits per heavy atom. The van der Waals surface area contributed by atoms with Crippen LogP contribution in [0, 0.1) is 5.92 Å². The Morgan fingerprint density at radius 3 is 2.48 bits per heavy atom. The lowest BCUT2D eigenvalue weighted by Gasteiger charge is -2.11. The monoisotopic (exact) mass is 431 g/mol. The van der Waals surface area contributed by atoms with Crippen molar-refractivity contribution in [3.05, 3.63) is 26.7 Å². The number of hydrogen-bond donors (Lipinski definition) is 2. The van der Waals surface area contributed by atoms with Gasteiger partial charge in [0.2, 0.25) is 5.91 Å². The zero-order valence-corrected chi connectivity index (χ0v) is 19.0. The van der Waals surface area contributed by atoms with E-state index < -0.39 is 11.2 Å². The zero-order chi connectivity index (χ0) is 22.2. The molecule has 3 rings (SSSR count). The molecule has 2 N–H and O–H groups in total. The Bertz CT molecular complexity index is 981. The molecular formula is C23H37N5O3. The first-order valence-electron chi connectivity index (χ1n) is 12.0. The van der Waals surface area contributed by atoms with Gasteiger partial charge in [-0.1, -0.05) is 46.0 Å². The summed E-state index contributed by atoms with van der Waals surface area (Å²) in [6, 6.07) is 0. The van der Waals surface area contributed by atoms with Crippen LogP contribution in [0.3, 0.4) is 0 Å². The number of carbonyl (C=O) groups excluding carboxylic acids is 1. The number of amides is 1. The average Bonchev–Trinajstić information content (AvgIpc) is 3.39. The number of fused-ring (bicyclic) bond motifs is 1. The molecule has 1 amide bonds. The summed E-state index contributed by atoms with van der Waals surface area (Å²) in [5.74, 6) is 1.34. The fraction of sp³-hybridized carbons (Fsp3) is 0.739. The summed E-state index contributed by atoms with van der Waals surface area (Å²) in [4.78, 5) is 44.7. The first-order chi connectivity index (χ1) is 15.0. The third-order valence-corrected chi connectivity index (χ3v) is 6.32. The lowest BCUT2D eigenvalue weighted by molar-refractivity contribution is -0.121. The van der Waals surface area contributed by atoms with E-state index in [4.69, 9.17) is 4.98 Å². The Labute approximate surface area is 183 Å². The summed E-state index contributed by atoms with van der Waals surface area (Å²) in [5.41, 5.74) is 0.0897. The highest BCUT2D eigenvalue weighted by Crippen LogP contribution is 2.23. The van der Waals surface area contributed by atoms with E-state index in [1.54, 1.807) is 4.57 Å². The minimum absolute atomic E-state index is 0.0244. The molecule has 31 heavy (non-hydrogen) atoms. The Balaban J connectivity index is 1.82. The molecule has 0 aromatic carbocycles. The van der Waals surface area contributed by atoms with Crippen molar-refractivity contribution in [1.29, 1.82) is 0 Å². The van der Waals surface area contributed by atoms with Crippen molar-refractivity contribution in [3.8, 4) is 0 Å². The number of aromatic amines is 1. The van der Waals surface area contributed by atoms with Gasteiger partial charge in [-0.05, 0) is 31.6 Å². The molecule has 0 atom stereocenters. The van der Waals surface area contributed by atoms with Crippen LogP contribution in [-0.2, 0) is 24.3 Å². The van der Waals surface area contributed by atoms with E-state index in [1.807, 2.05) is 4.57 Å². The second-order valence-corrected chi connectivity index (χ2v) is 8.78. The molecule has 172 valence electrons. The molecular weight excluding hydrogens is 394 g/mol. The molecule has 2 heterocycles. The number of aromatic nitrogens is 4. The fourth-order valence-corrected chi connectivity index (χ4v) is 4.48. The van der Waals surface area contributed by atoms with Gasteiger partial charge in [0, 0.05) is 32.5 Å². The van der Waals surface area contributed by atoms with E-state index >= 15 is 0 Å². The van der Waals surface area contributed by atoms with E-state index in [2.05, 4.69) is 24.1 Å². The van der Waals surface area contributed by atoms with Crippen LogP contribution in [0.5, 0.6) is 0 Å². The first kappa shape index (κ1) is 23.3. The van der Waals surface area contributed by atoms with Crippen LogP contribution in [-0.4, -0.2) is 31.6 Å². The third-order valence-electron chi connectivity index (χ3n) is 6.32. The number of carbonyl (C=O) groups is 1. The third kappa shape index (κ3) is 5.86. The Hall–Kier alpha value is -2.38. The number of rotatable bonds is 12. The predicted molar refractivity (Wildman–Crippen MR) is 122 cm³/mol. The summed E-state index contributed by atoms with van der Waals surface area (Å²) in [6.45, 7) is 6.14. The van der Waals surface area contributed by atoms with Crippen LogP contribution < -0.4 is 16.6 Å². The minimum atomic E-state index is -0.412. The summed E-state index contributed by atoms with van der Waals surface area (Å²) < 4.78 is 3.50. The zero-order valence-electron chi connectivity index (χ0n) is 19.0. The van der Waals surface area contributed by atoms with E-state index in [-0.39, 0.29) is 5.91 Å². The smallest absolute Gasteiger partial charge is 0.330 e. The van der Waals surface area contributed by atoms with Gasteiger partial charge < -0.3 is 9.88 Å². The van der Waals surface area contributed by atoms with Crippen LogP contribution in [0.4, 0.5) is 0 Å². The molecule has 1 aliphatic carbocycles. The summed E-state index contributed by atoms with van der Waals surface area (Å²) >= 11 is 0. The molecule has 0 radical (unpaired) electrons. The lowest BCUT2D eigenvalue weighted by atomic mass is 10.1.